The van der Waals surface area contributed by atoms with Crippen LogP contribution in [0, 0.1) is 0 Å². The minimum atomic E-state index is -3.27. The normalized spacial score (nSPS) is 11.4. The van der Waals surface area contributed by atoms with Crippen LogP contribution in [0.4, 0.5) is 0 Å². The van der Waals surface area contributed by atoms with Crippen LogP contribution in [0.25, 0.3) is 11.5 Å². The van der Waals surface area contributed by atoms with Gasteiger partial charge in [-0.3, -0.25) is 0 Å². The zero-order valence-electron chi connectivity index (χ0n) is 9.19. The molecular formula is C10H8N2O5S. The predicted octanol–water partition coefficient (Wildman–Crippen LogP) is 0.838. The third-order valence-corrected chi connectivity index (χ3v) is 3.28. The van der Waals surface area contributed by atoms with Crippen LogP contribution in [0.1, 0.15) is 10.6 Å². The lowest BCUT2D eigenvalue weighted by molar-refractivity contribution is 0.0680. The Bertz CT molecular complexity index is 687. The minimum Gasteiger partial charge on any atom is -0.475 e. The van der Waals surface area contributed by atoms with E-state index in [-0.39, 0.29) is 10.8 Å². The summed E-state index contributed by atoms with van der Waals surface area (Å²) in [4.78, 5) is 14.4. The van der Waals surface area contributed by atoms with Crippen molar-refractivity contribution in [3.05, 3.63) is 30.1 Å². The number of carbonyl (C=O) groups is 1. The molecule has 7 nitrogen and oxygen atoms in total. The van der Waals surface area contributed by atoms with Crippen molar-refractivity contribution in [1.82, 2.24) is 10.1 Å². The largest absolute Gasteiger partial charge is 0.475 e. The molecule has 0 amide bonds. The Morgan fingerprint density at radius 1 is 1.28 bits per heavy atom. The first-order chi connectivity index (χ1) is 8.38. The van der Waals surface area contributed by atoms with Gasteiger partial charge in [0.15, 0.2) is 9.84 Å². The summed E-state index contributed by atoms with van der Waals surface area (Å²) in [5.74, 6) is -1.72. The summed E-state index contributed by atoms with van der Waals surface area (Å²) in [6, 6.07) is 5.70. The fourth-order valence-electron chi connectivity index (χ4n) is 1.27. The molecule has 0 spiro atoms. The molecule has 0 saturated heterocycles. The highest BCUT2D eigenvalue weighted by Crippen LogP contribution is 2.19. The van der Waals surface area contributed by atoms with E-state index >= 15 is 0 Å². The van der Waals surface area contributed by atoms with Crippen LogP contribution in [-0.2, 0) is 9.84 Å². The SMILES string of the molecule is CS(=O)(=O)c1ccc(-c2nc(C(=O)O)no2)cc1. The van der Waals surface area contributed by atoms with Gasteiger partial charge in [0.1, 0.15) is 0 Å². The van der Waals surface area contributed by atoms with E-state index in [1.807, 2.05) is 0 Å². The van der Waals surface area contributed by atoms with Crippen LogP contribution in [0.3, 0.4) is 0 Å². The summed E-state index contributed by atoms with van der Waals surface area (Å²) >= 11 is 0. The van der Waals surface area contributed by atoms with Gasteiger partial charge in [0.05, 0.1) is 4.90 Å². The fraction of sp³-hybridized carbons (Fsp3) is 0.100. The molecule has 0 fully saturated rings. The molecule has 1 aromatic heterocycles. The molecule has 8 heteroatoms. The topological polar surface area (TPSA) is 110 Å². The van der Waals surface area contributed by atoms with E-state index in [2.05, 4.69) is 10.1 Å². The number of sulfone groups is 1. The Hall–Kier alpha value is -2.22. The first kappa shape index (κ1) is 12.2. The number of aromatic nitrogens is 2. The quantitative estimate of drug-likeness (QED) is 0.877. The number of rotatable bonds is 3. The molecule has 0 atom stereocenters. The molecule has 1 aromatic carbocycles. The van der Waals surface area contributed by atoms with Gasteiger partial charge in [-0.15, -0.1) is 0 Å². The van der Waals surface area contributed by atoms with E-state index in [0.717, 1.165) is 6.26 Å². The van der Waals surface area contributed by atoms with Gasteiger partial charge in [-0.25, -0.2) is 13.2 Å². The van der Waals surface area contributed by atoms with Crippen molar-refractivity contribution < 1.29 is 22.8 Å². The molecule has 0 radical (unpaired) electrons. The number of carboxylic acids is 1. The highest BCUT2D eigenvalue weighted by molar-refractivity contribution is 7.90. The molecule has 0 aliphatic carbocycles. The molecule has 94 valence electrons. The van der Waals surface area contributed by atoms with E-state index in [1.165, 1.54) is 24.3 Å². The first-order valence-electron chi connectivity index (χ1n) is 4.75. The summed E-state index contributed by atoms with van der Waals surface area (Å²) in [6.07, 6.45) is 1.09. The summed E-state index contributed by atoms with van der Waals surface area (Å²) in [6.45, 7) is 0. The van der Waals surface area contributed by atoms with Crippen molar-refractivity contribution in [2.75, 3.05) is 6.26 Å². The smallest absolute Gasteiger partial charge is 0.377 e. The Balaban J connectivity index is 2.37. The van der Waals surface area contributed by atoms with E-state index in [4.69, 9.17) is 9.63 Å². The molecular weight excluding hydrogens is 260 g/mol. The lowest BCUT2D eigenvalue weighted by Gasteiger charge is -1.98. The van der Waals surface area contributed by atoms with E-state index in [1.54, 1.807) is 0 Å². The van der Waals surface area contributed by atoms with Crippen LogP contribution in [0.15, 0.2) is 33.7 Å². The van der Waals surface area contributed by atoms with Gasteiger partial charge >= 0.3 is 5.97 Å². The fourth-order valence-corrected chi connectivity index (χ4v) is 1.90. The van der Waals surface area contributed by atoms with Gasteiger partial charge in [-0.1, -0.05) is 0 Å². The minimum absolute atomic E-state index is 0.0208. The average molecular weight is 268 g/mol. The zero-order chi connectivity index (χ0) is 13.3. The Morgan fingerprint density at radius 2 is 1.89 bits per heavy atom. The average Bonchev–Trinajstić information content (AvgIpc) is 2.77. The van der Waals surface area contributed by atoms with Crippen LogP contribution >= 0.6 is 0 Å². The summed E-state index contributed by atoms with van der Waals surface area (Å²) in [7, 11) is -3.27. The van der Waals surface area contributed by atoms with Crippen molar-refractivity contribution in [2.45, 2.75) is 4.90 Å². The third-order valence-electron chi connectivity index (χ3n) is 2.15. The first-order valence-corrected chi connectivity index (χ1v) is 6.64. The Kier molecular flexibility index (Phi) is 2.87. The molecule has 0 aliphatic heterocycles. The van der Waals surface area contributed by atoms with Crippen molar-refractivity contribution >= 4 is 15.8 Å². The van der Waals surface area contributed by atoms with Crippen molar-refractivity contribution in [2.24, 2.45) is 0 Å². The van der Waals surface area contributed by atoms with E-state index in [9.17, 15) is 13.2 Å². The molecule has 2 rings (SSSR count). The zero-order valence-corrected chi connectivity index (χ0v) is 10.0. The number of nitrogens with zero attached hydrogens (tertiary/aromatic N) is 2. The number of benzene rings is 1. The second kappa shape index (κ2) is 4.22. The van der Waals surface area contributed by atoms with E-state index < -0.39 is 21.6 Å². The highest BCUT2D eigenvalue weighted by atomic mass is 32.2. The number of carboxylic acid groups (broad SMARTS) is 1. The number of aromatic carboxylic acids is 1. The van der Waals surface area contributed by atoms with Gasteiger partial charge < -0.3 is 9.63 Å². The molecule has 0 bridgehead atoms. The summed E-state index contributed by atoms with van der Waals surface area (Å²) < 4.78 is 27.2. The summed E-state index contributed by atoms with van der Waals surface area (Å²) in [5, 5.41) is 11.9. The van der Waals surface area contributed by atoms with Gasteiger partial charge in [0, 0.05) is 11.8 Å². The molecule has 1 heterocycles. The molecule has 0 saturated carbocycles. The second-order valence-electron chi connectivity index (χ2n) is 3.52. The van der Waals surface area contributed by atoms with Crippen LogP contribution < -0.4 is 0 Å². The molecule has 0 unspecified atom stereocenters. The third kappa shape index (κ3) is 2.38. The second-order valence-corrected chi connectivity index (χ2v) is 5.54. The van der Waals surface area contributed by atoms with Gasteiger partial charge in [0.2, 0.25) is 0 Å². The lowest BCUT2D eigenvalue weighted by Crippen LogP contribution is -1.98. The standard InChI is InChI=1S/C10H8N2O5S/c1-18(15,16)7-4-2-6(3-5-7)9-11-8(10(13)14)12-17-9/h2-5H,1H3,(H,13,14). The van der Waals surface area contributed by atoms with Crippen LogP contribution in [0.5, 0.6) is 0 Å². The monoisotopic (exact) mass is 268 g/mol. The van der Waals surface area contributed by atoms with Gasteiger partial charge in [-0.05, 0) is 29.4 Å². The molecule has 18 heavy (non-hydrogen) atoms. The molecule has 1 N–H and O–H groups in total. The van der Waals surface area contributed by atoms with Crippen molar-refractivity contribution in [3.63, 3.8) is 0 Å². The van der Waals surface area contributed by atoms with Crippen molar-refractivity contribution in [3.8, 4) is 11.5 Å². The van der Waals surface area contributed by atoms with Crippen LogP contribution in [0.2, 0.25) is 0 Å². The molecule has 2 aromatic rings. The Labute approximate surface area is 102 Å². The lowest BCUT2D eigenvalue weighted by atomic mass is 10.2. The Morgan fingerprint density at radius 3 is 2.33 bits per heavy atom. The number of hydrogen-bond donors (Lipinski definition) is 1. The maximum absolute atomic E-state index is 11.2. The predicted molar refractivity (Wildman–Crippen MR) is 59.8 cm³/mol. The maximum Gasteiger partial charge on any atom is 0.377 e. The summed E-state index contributed by atoms with van der Waals surface area (Å²) in [5.41, 5.74) is 0.447. The number of hydrogen-bond acceptors (Lipinski definition) is 6. The van der Waals surface area contributed by atoms with Crippen LogP contribution in [-0.4, -0.2) is 35.9 Å². The maximum atomic E-state index is 11.2. The molecule has 0 aliphatic rings. The highest BCUT2D eigenvalue weighted by Gasteiger charge is 2.15. The van der Waals surface area contributed by atoms with Crippen molar-refractivity contribution in [1.29, 1.82) is 0 Å². The van der Waals surface area contributed by atoms with E-state index in [0.29, 0.717) is 5.56 Å². The van der Waals surface area contributed by atoms with Gasteiger partial charge in [0.25, 0.3) is 11.7 Å². The van der Waals surface area contributed by atoms with Gasteiger partial charge in [-0.2, -0.15) is 4.98 Å².